The van der Waals surface area contributed by atoms with E-state index in [9.17, 15) is 0 Å². The van der Waals surface area contributed by atoms with Gasteiger partial charge in [0.1, 0.15) is 11.5 Å². The highest BCUT2D eigenvalue weighted by atomic mass is 16.5. The Morgan fingerprint density at radius 2 is 0.981 bits per heavy atom. The third-order valence-electron chi connectivity index (χ3n) is 11.1. The summed E-state index contributed by atoms with van der Waals surface area (Å²) in [6.45, 7) is 4.69. The van der Waals surface area contributed by atoms with Crippen LogP contribution in [-0.2, 0) is 10.8 Å². The highest BCUT2D eigenvalue weighted by molar-refractivity contribution is 5.82. The monoisotopic (exact) mass is 681 g/mol. The zero-order chi connectivity index (χ0) is 35.6. The summed E-state index contributed by atoms with van der Waals surface area (Å²) in [7, 11) is 0. The Labute approximate surface area is 309 Å². The van der Waals surface area contributed by atoms with E-state index in [1.165, 1.54) is 22.3 Å². The lowest BCUT2D eigenvalue weighted by Crippen LogP contribution is -2.43. The molecule has 4 nitrogen and oxygen atoms in total. The van der Waals surface area contributed by atoms with Crippen molar-refractivity contribution in [3.63, 3.8) is 0 Å². The van der Waals surface area contributed by atoms with E-state index in [1.54, 1.807) is 0 Å². The molecule has 0 saturated heterocycles. The minimum atomic E-state index is -0.625. The molecule has 0 amide bonds. The van der Waals surface area contributed by atoms with Crippen LogP contribution in [0.3, 0.4) is 0 Å². The number of ether oxygens (including phenoxy) is 1. The van der Waals surface area contributed by atoms with Crippen molar-refractivity contribution in [3.8, 4) is 56.7 Å². The lowest BCUT2D eigenvalue weighted by Gasteiger charge is -2.50. The molecule has 3 heterocycles. The average molecular weight is 682 g/mol. The number of pyridine rings is 1. The van der Waals surface area contributed by atoms with Crippen LogP contribution in [0.15, 0.2) is 176 Å². The maximum Gasteiger partial charge on any atom is 0.160 e. The van der Waals surface area contributed by atoms with E-state index in [4.69, 9.17) is 14.7 Å². The standard InChI is InChI=1S/C49H35N3O/c1-48(2)36-21-6-7-22-37(36)49(38-23-8-10-27-44(38)53-45-28-11-9-24-39(45)49)40-25-15-20-35(46(40)48)47-51-42(32-16-4-3-5-17-32)31-43(52-47)34-19-14-18-33(30-34)41-26-12-13-29-50-41/h3-31H,1-2H3. The normalized spacial score (nSPS) is 14.3. The number of aromatic nitrogens is 3. The van der Waals surface area contributed by atoms with Gasteiger partial charge < -0.3 is 4.74 Å². The first-order valence-corrected chi connectivity index (χ1v) is 18.1. The third kappa shape index (κ3) is 4.72. The summed E-state index contributed by atoms with van der Waals surface area (Å²) in [6.07, 6.45) is 1.83. The van der Waals surface area contributed by atoms with Crippen molar-refractivity contribution < 1.29 is 4.74 Å². The van der Waals surface area contributed by atoms with Gasteiger partial charge in [-0.1, -0.05) is 147 Å². The first-order chi connectivity index (χ1) is 26.0. The molecular weight excluding hydrogens is 647 g/mol. The van der Waals surface area contributed by atoms with Crippen molar-refractivity contribution in [2.45, 2.75) is 24.7 Å². The van der Waals surface area contributed by atoms with Crippen LogP contribution in [0.1, 0.15) is 47.2 Å². The highest BCUT2D eigenvalue weighted by Crippen LogP contribution is 2.62. The maximum absolute atomic E-state index is 6.64. The Hall–Kier alpha value is -6.65. The van der Waals surface area contributed by atoms with Crippen molar-refractivity contribution in [2.75, 3.05) is 0 Å². The molecule has 0 unspecified atom stereocenters. The number of fused-ring (bicyclic) bond motifs is 8. The van der Waals surface area contributed by atoms with E-state index < -0.39 is 5.41 Å². The van der Waals surface area contributed by atoms with Gasteiger partial charge in [-0.05, 0) is 58.7 Å². The Bertz CT molecular complexity index is 2640. The first-order valence-electron chi connectivity index (χ1n) is 18.1. The smallest absolute Gasteiger partial charge is 0.160 e. The predicted molar refractivity (Wildman–Crippen MR) is 212 cm³/mol. The number of para-hydroxylation sites is 2. The second kappa shape index (κ2) is 12.0. The molecule has 0 saturated carbocycles. The summed E-state index contributed by atoms with van der Waals surface area (Å²) < 4.78 is 6.64. The Balaban J connectivity index is 1.28. The molecule has 2 aliphatic rings. The molecule has 1 aliphatic heterocycles. The minimum Gasteiger partial charge on any atom is -0.457 e. The molecule has 252 valence electrons. The Kier molecular flexibility index (Phi) is 7.02. The van der Waals surface area contributed by atoms with Gasteiger partial charge in [0, 0.05) is 45.0 Å². The van der Waals surface area contributed by atoms with Gasteiger partial charge in [-0.2, -0.15) is 0 Å². The minimum absolute atomic E-state index is 0.388. The van der Waals surface area contributed by atoms with E-state index in [0.29, 0.717) is 5.82 Å². The molecule has 2 aromatic heterocycles. The second-order valence-electron chi connectivity index (χ2n) is 14.4. The summed E-state index contributed by atoms with van der Waals surface area (Å²) in [4.78, 5) is 15.4. The lowest BCUT2D eigenvalue weighted by atomic mass is 9.53. The van der Waals surface area contributed by atoms with Crippen molar-refractivity contribution in [3.05, 3.63) is 209 Å². The summed E-state index contributed by atoms with van der Waals surface area (Å²) >= 11 is 0. The van der Waals surface area contributed by atoms with Gasteiger partial charge >= 0.3 is 0 Å². The van der Waals surface area contributed by atoms with Crippen LogP contribution in [0.5, 0.6) is 11.5 Å². The van der Waals surface area contributed by atoms with Crippen LogP contribution in [-0.4, -0.2) is 15.0 Å². The third-order valence-corrected chi connectivity index (χ3v) is 11.1. The van der Waals surface area contributed by atoms with Crippen molar-refractivity contribution in [1.29, 1.82) is 0 Å². The summed E-state index contributed by atoms with van der Waals surface area (Å²) in [6, 6.07) is 59.7. The lowest BCUT2D eigenvalue weighted by molar-refractivity contribution is 0.425. The van der Waals surface area contributed by atoms with Gasteiger partial charge in [0.05, 0.1) is 22.5 Å². The van der Waals surface area contributed by atoms with E-state index >= 15 is 0 Å². The largest absolute Gasteiger partial charge is 0.457 e. The first kappa shape index (κ1) is 31.1. The number of rotatable bonds is 4. The topological polar surface area (TPSA) is 47.9 Å². The van der Waals surface area contributed by atoms with Gasteiger partial charge in [0.15, 0.2) is 5.82 Å². The van der Waals surface area contributed by atoms with Crippen molar-refractivity contribution in [1.82, 2.24) is 15.0 Å². The molecule has 4 heteroatoms. The maximum atomic E-state index is 6.64. The van der Waals surface area contributed by atoms with Gasteiger partial charge in [0.25, 0.3) is 0 Å². The van der Waals surface area contributed by atoms with E-state index in [1.807, 2.05) is 30.5 Å². The fraction of sp³-hybridized carbons (Fsp3) is 0.0816. The molecule has 1 spiro atoms. The SMILES string of the molecule is CC1(C)c2ccccc2C2(c3ccccc3Oc3ccccc32)c2cccc(-c3nc(-c4ccccc4)cc(-c4cccc(-c5ccccn5)c4)n3)c21. The van der Waals surface area contributed by atoms with E-state index in [-0.39, 0.29) is 5.41 Å². The fourth-order valence-corrected chi connectivity index (χ4v) is 8.78. The van der Waals surface area contributed by atoms with Gasteiger partial charge in [0.2, 0.25) is 0 Å². The van der Waals surface area contributed by atoms with Crippen LogP contribution >= 0.6 is 0 Å². The highest BCUT2D eigenvalue weighted by Gasteiger charge is 2.53. The molecular formula is C49H35N3O. The van der Waals surface area contributed by atoms with Crippen LogP contribution in [0.4, 0.5) is 0 Å². The predicted octanol–water partition coefficient (Wildman–Crippen LogP) is 11.7. The fourth-order valence-electron chi connectivity index (χ4n) is 8.78. The zero-order valence-electron chi connectivity index (χ0n) is 29.5. The number of hydrogen-bond donors (Lipinski definition) is 0. The molecule has 53 heavy (non-hydrogen) atoms. The van der Waals surface area contributed by atoms with Crippen LogP contribution in [0.25, 0.3) is 45.2 Å². The second-order valence-corrected chi connectivity index (χ2v) is 14.4. The number of hydrogen-bond acceptors (Lipinski definition) is 4. The zero-order valence-corrected chi connectivity index (χ0v) is 29.5. The van der Waals surface area contributed by atoms with E-state index in [2.05, 4.69) is 164 Å². The van der Waals surface area contributed by atoms with Crippen LogP contribution in [0, 0.1) is 0 Å². The van der Waals surface area contributed by atoms with Gasteiger partial charge in [-0.15, -0.1) is 0 Å². The van der Waals surface area contributed by atoms with Crippen molar-refractivity contribution in [2.24, 2.45) is 0 Å². The molecule has 10 rings (SSSR count). The molecule has 6 aromatic carbocycles. The van der Waals surface area contributed by atoms with Gasteiger partial charge in [-0.3, -0.25) is 4.98 Å². The summed E-state index contributed by atoms with van der Waals surface area (Å²) in [5.74, 6) is 2.43. The molecule has 1 aliphatic carbocycles. The molecule has 0 atom stereocenters. The molecule has 0 radical (unpaired) electrons. The van der Waals surface area contributed by atoms with Gasteiger partial charge in [-0.25, -0.2) is 9.97 Å². The number of nitrogens with zero attached hydrogens (tertiary/aromatic N) is 3. The Morgan fingerprint density at radius 3 is 1.68 bits per heavy atom. The molecule has 0 fully saturated rings. The number of benzene rings is 6. The summed E-state index contributed by atoms with van der Waals surface area (Å²) in [5, 5.41) is 0. The van der Waals surface area contributed by atoms with Crippen LogP contribution in [0.2, 0.25) is 0 Å². The quantitative estimate of drug-likeness (QED) is 0.185. The van der Waals surface area contributed by atoms with Crippen LogP contribution < -0.4 is 4.74 Å². The summed E-state index contributed by atoms with van der Waals surface area (Å²) in [5.41, 5.74) is 13.0. The molecule has 8 aromatic rings. The van der Waals surface area contributed by atoms with Crippen molar-refractivity contribution >= 4 is 0 Å². The molecule has 0 bridgehead atoms. The molecule has 0 N–H and O–H groups in total. The average Bonchev–Trinajstić information content (AvgIpc) is 3.23. The Morgan fingerprint density at radius 1 is 0.434 bits per heavy atom. The van der Waals surface area contributed by atoms with E-state index in [0.717, 1.165) is 62.0 Å².